The van der Waals surface area contributed by atoms with Crippen molar-refractivity contribution in [3.8, 4) is 0 Å². The number of hydrogen-bond donors (Lipinski definition) is 1. The molecule has 0 spiro atoms. The van der Waals surface area contributed by atoms with Crippen LogP contribution in [-0.4, -0.2) is 24.5 Å². The first-order chi connectivity index (χ1) is 9.08. The molecule has 2 rings (SSSR count). The fourth-order valence-corrected chi connectivity index (χ4v) is 3.02. The summed E-state index contributed by atoms with van der Waals surface area (Å²) in [5.74, 6) is 0.767. The van der Waals surface area contributed by atoms with Gasteiger partial charge in [-0.25, -0.2) is 0 Å². The van der Waals surface area contributed by atoms with Crippen LogP contribution in [0.5, 0.6) is 0 Å². The van der Waals surface area contributed by atoms with Gasteiger partial charge in [-0.3, -0.25) is 4.90 Å². The minimum atomic E-state index is 0.646. The third-order valence-corrected chi connectivity index (χ3v) is 4.18. The fraction of sp³-hybridized carbons (Fsp3) is 0.647. The summed E-state index contributed by atoms with van der Waals surface area (Å²) in [4.78, 5) is 2.49. The van der Waals surface area contributed by atoms with E-state index in [-0.39, 0.29) is 0 Å². The van der Waals surface area contributed by atoms with Crippen molar-refractivity contribution in [1.29, 1.82) is 0 Å². The van der Waals surface area contributed by atoms with E-state index in [2.05, 4.69) is 56.2 Å². The average molecular weight is 260 g/mol. The van der Waals surface area contributed by atoms with Gasteiger partial charge in [0.2, 0.25) is 0 Å². The van der Waals surface area contributed by atoms with Crippen LogP contribution in [0.1, 0.15) is 44.7 Å². The first-order valence-corrected chi connectivity index (χ1v) is 7.62. The Kier molecular flexibility index (Phi) is 4.87. The Bertz CT molecular complexity index is 412. The zero-order chi connectivity index (χ0) is 13.8. The maximum atomic E-state index is 3.52. The zero-order valence-electron chi connectivity index (χ0n) is 12.9. The Morgan fingerprint density at radius 3 is 2.79 bits per heavy atom. The van der Waals surface area contributed by atoms with Crippen molar-refractivity contribution in [2.45, 2.75) is 52.6 Å². The molecule has 0 aliphatic carbocycles. The van der Waals surface area contributed by atoms with E-state index in [0.29, 0.717) is 6.04 Å². The normalized spacial score (nSPS) is 16.3. The third-order valence-electron chi connectivity index (χ3n) is 4.18. The monoisotopic (exact) mass is 260 g/mol. The standard InChI is InChI=1S/C17H28N2/c1-13(2)11-14(3)19(4)12-15-7-5-9-17-16(15)8-6-10-18-17/h5,7,9,13-14,18H,6,8,10-12H2,1-4H3. The molecule has 1 aromatic rings. The summed E-state index contributed by atoms with van der Waals surface area (Å²) in [5, 5.41) is 3.52. The van der Waals surface area contributed by atoms with Gasteiger partial charge in [-0.05, 0) is 56.3 Å². The SMILES string of the molecule is CC(C)CC(C)N(C)Cc1cccc2c1CCCN2. The van der Waals surface area contributed by atoms with Crippen molar-refractivity contribution in [3.05, 3.63) is 29.3 Å². The lowest BCUT2D eigenvalue weighted by molar-refractivity contribution is 0.220. The molecule has 1 aromatic carbocycles. The highest BCUT2D eigenvalue weighted by atomic mass is 15.1. The van der Waals surface area contributed by atoms with Crippen LogP contribution in [0, 0.1) is 5.92 Å². The van der Waals surface area contributed by atoms with Crippen LogP contribution < -0.4 is 5.32 Å². The molecule has 19 heavy (non-hydrogen) atoms. The molecular weight excluding hydrogens is 232 g/mol. The maximum absolute atomic E-state index is 3.52. The van der Waals surface area contributed by atoms with Crippen molar-refractivity contribution >= 4 is 5.69 Å². The minimum absolute atomic E-state index is 0.646. The second-order valence-electron chi connectivity index (χ2n) is 6.37. The maximum Gasteiger partial charge on any atom is 0.0375 e. The fourth-order valence-electron chi connectivity index (χ4n) is 3.02. The number of rotatable bonds is 5. The Morgan fingerprint density at radius 2 is 2.05 bits per heavy atom. The molecule has 0 bridgehead atoms. The van der Waals surface area contributed by atoms with E-state index >= 15 is 0 Å². The topological polar surface area (TPSA) is 15.3 Å². The van der Waals surface area contributed by atoms with Crippen LogP contribution in [0.4, 0.5) is 5.69 Å². The molecule has 0 fully saturated rings. The molecule has 1 N–H and O–H groups in total. The van der Waals surface area contributed by atoms with Gasteiger partial charge in [0.05, 0.1) is 0 Å². The second kappa shape index (κ2) is 6.42. The average Bonchev–Trinajstić information content (AvgIpc) is 2.38. The molecule has 1 unspecified atom stereocenters. The van der Waals surface area contributed by atoms with Crippen molar-refractivity contribution < 1.29 is 0 Å². The van der Waals surface area contributed by atoms with Crippen LogP contribution in [-0.2, 0) is 13.0 Å². The molecule has 0 radical (unpaired) electrons. The largest absolute Gasteiger partial charge is 0.385 e. The summed E-state index contributed by atoms with van der Waals surface area (Å²) in [5.41, 5.74) is 4.40. The van der Waals surface area contributed by atoms with Crippen LogP contribution in [0.15, 0.2) is 18.2 Å². The predicted octanol–water partition coefficient (Wildman–Crippen LogP) is 3.91. The van der Waals surface area contributed by atoms with E-state index in [1.165, 1.54) is 36.1 Å². The highest BCUT2D eigenvalue weighted by Crippen LogP contribution is 2.26. The number of nitrogens with zero attached hydrogens (tertiary/aromatic N) is 1. The first-order valence-electron chi connectivity index (χ1n) is 7.62. The molecule has 2 nitrogen and oxygen atoms in total. The summed E-state index contributed by atoms with van der Waals surface area (Å²) in [6.45, 7) is 9.14. The molecule has 1 aliphatic heterocycles. The van der Waals surface area contributed by atoms with Gasteiger partial charge in [-0.1, -0.05) is 26.0 Å². The summed E-state index contributed by atoms with van der Waals surface area (Å²) >= 11 is 0. The molecule has 0 amide bonds. The van der Waals surface area contributed by atoms with Gasteiger partial charge in [0.1, 0.15) is 0 Å². The van der Waals surface area contributed by atoms with E-state index in [1.807, 2.05) is 0 Å². The number of anilines is 1. The molecule has 0 saturated carbocycles. The molecule has 1 heterocycles. The second-order valence-corrected chi connectivity index (χ2v) is 6.37. The van der Waals surface area contributed by atoms with E-state index in [1.54, 1.807) is 0 Å². The zero-order valence-corrected chi connectivity index (χ0v) is 12.9. The van der Waals surface area contributed by atoms with Crippen LogP contribution in [0.25, 0.3) is 0 Å². The molecular formula is C17H28N2. The molecule has 0 saturated heterocycles. The van der Waals surface area contributed by atoms with Gasteiger partial charge in [0.25, 0.3) is 0 Å². The van der Waals surface area contributed by atoms with Crippen molar-refractivity contribution in [1.82, 2.24) is 4.90 Å². The lowest BCUT2D eigenvalue weighted by atomic mass is 9.96. The smallest absolute Gasteiger partial charge is 0.0375 e. The summed E-state index contributed by atoms with van der Waals surface area (Å²) < 4.78 is 0. The minimum Gasteiger partial charge on any atom is -0.385 e. The van der Waals surface area contributed by atoms with E-state index in [0.717, 1.165) is 19.0 Å². The highest BCUT2D eigenvalue weighted by molar-refractivity contribution is 5.56. The van der Waals surface area contributed by atoms with Gasteiger partial charge < -0.3 is 5.32 Å². The van der Waals surface area contributed by atoms with Crippen molar-refractivity contribution in [3.63, 3.8) is 0 Å². The lowest BCUT2D eigenvalue weighted by Gasteiger charge is -2.28. The molecule has 1 atom stereocenters. The Hall–Kier alpha value is -1.02. The van der Waals surface area contributed by atoms with E-state index < -0.39 is 0 Å². The number of fused-ring (bicyclic) bond motifs is 1. The molecule has 2 heteroatoms. The Labute approximate surface area is 118 Å². The van der Waals surface area contributed by atoms with Gasteiger partial charge in [0.15, 0.2) is 0 Å². The van der Waals surface area contributed by atoms with Crippen LogP contribution >= 0.6 is 0 Å². The molecule has 106 valence electrons. The number of hydrogen-bond acceptors (Lipinski definition) is 2. The summed E-state index contributed by atoms with van der Waals surface area (Å²) in [6.07, 6.45) is 3.75. The number of benzene rings is 1. The van der Waals surface area contributed by atoms with Gasteiger partial charge in [-0.15, -0.1) is 0 Å². The van der Waals surface area contributed by atoms with Crippen LogP contribution in [0.2, 0.25) is 0 Å². The first kappa shape index (κ1) is 14.4. The predicted molar refractivity (Wildman–Crippen MR) is 83.6 cm³/mol. The summed E-state index contributed by atoms with van der Waals surface area (Å²) in [7, 11) is 2.25. The highest BCUT2D eigenvalue weighted by Gasteiger charge is 2.16. The van der Waals surface area contributed by atoms with Gasteiger partial charge >= 0.3 is 0 Å². The van der Waals surface area contributed by atoms with Gasteiger partial charge in [0, 0.05) is 24.8 Å². The van der Waals surface area contributed by atoms with E-state index in [4.69, 9.17) is 0 Å². The molecule has 0 aromatic heterocycles. The van der Waals surface area contributed by atoms with Crippen molar-refractivity contribution in [2.75, 3.05) is 18.9 Å². The van der Waals surface area contributed by atoms with E-state index in [9.17, 15) is 0 Å². The van der Waals surface area contributed by atoms with Crippen molar-refractivity contribution in [2.24, 2.45) is 5.92 Å². The Balaban J connectivity index is 2.06. The van der Waals surface area contributed by atoms with Gasteiger partial charge in [-0.2, -0.15) is 0 Å². The lowest BCUT2D eigenvalue weighted by Crippen LogP contribution is -2.30. The number of nitrogens with one attached hydrogen (secondary N) is 1. The molecule has 1 aliphatic rings. The van der Waals surface area contributed by atoms with Crippen LogP contribution in [0.3, 0.4) is 0 Å². The summed E-state index contributed by atoms with van der Waals surface area (Å²) in [6, 6.07) is 7.35. The third kappa shape index (κ3) is 3.73. The quantitative estimate of drug-likeness (QED) is 0.863. The Morgan fingerprint density at radius 1 is 1.26 bits per heavy atom.